The van der Waals surface area contributed by atoms with Gasteiger partial charge in [-0.2, -0.15) is 0 Å². The molecule has 0 bridgehead atoms. The Hall–Kier alpha value is -5.20. The lowest BCUT2D eigenvalue weighted by atomic mass is 9.91. The minimum Gasteiger partial charge on any atom is -0.508 e. The molecule has 3 aromatic carbocycles. The van der Waals surface area contributed by atoms with Crippen LogP contribution in [0.15, 0.2) is 36.4 Å². The van der Waals surface area contributed by atoms with E-state index in [9.17, 15) is 65.8 Å². The average Bonchev–Trinajstić information content (AvgIpc) is 2.98. The Balaban J connectivity index is 1.43. The third-order valence-electron chi connectivity index (χ3n) is 7.15. The van der Waals surface area contributed by atoms with Gasteiger partial charge in [-0.05, 0) is 24.3 Å². The Morgan fingerprint density at radius 1 is 0.733 bits per heavy atom. The molecule has 240 valence electrons. The summed E-state index contributed by atoms with van der Waals surface area (Å²) in [6, 6.07) is 5.20. The molecule has 0 radical (unpaired) electrons. The van der Waals surface area contributed by atoms with Gasteiger partial charge in [0.2, 0.25) is 5.78 Å². The zero-order chi connectivity index (χ0) is 32.9. The molecule has 0 saturated carbocycles. The van der Waals surface area contributed by atoms with Crippen LogP contribution in [-0.2, 0) is 14.2 Å². The maximum absolute atomic E-state index is 13.6. The lowest BCUT2D eigenvalue weighted by Crippen LogP contribution is -2.60. The van der Waals surface area contributed by atoms with Crippen LogP contribution >= 0.6 is 0 Å². The first-order valence-corrected chi connectivity index (χ1v) is 13.0. The van der Waals surface area contributed by atoms with Crippen LogP contribution in [0.25, 0.3) is 0 Å². The topological polar surface area (TPSA) is 294 Å². The van der Waals surface area contributed by atoms with Gasteiger partial charge in [-0.15, -0.1) is 0 Å². The van der Waals surface area contributed by atoms with Gasteiger partial charge in [0.1, 0.15) is 53.8 Å². The predicted octanol–water partition coefficient (Wildman–Crippen LogP) is -0.302. The van der Waals surface area contributed by atoms with Crippen molar-refractivity contribution in [2.75, 3.05) is 6.61 Å². The normalized spacial score (nSPS) is 26.1. The van der Waals surface area contributed by atoms with E-state index in [4.69, 9.17) is 18.9 Å². The molecule has 2 aliphatic heterocycles. The molecule has 2 heterocycles. The highest BCUT2D eigenvalue weighted by Gasteiger charge is 2.49. The van der Waals surface area contributed by atoms with E-state index >= 15 is 0 Å². The highest BCUT2D eigenvalue weighted by atomic mass is 16.7. The molecule has 45 heavy (non-hydrogen) atoms. The number of carbonyl (C=O) groups is 2. The summed E-state index contributed by atoms with van der Waals surface area (Å²) >= 11 is 0. The second kappa shape index (κ2) is 11.7. The average molecular weight is 634 g/mol. The number of hydrogen-bond donors (Lipinski definition) is 11. The molecule has 3 aromatic rings. The number of aromatic hydroxyl groups is 8. The number of carbonyl (C=O) groups excluding carboxylic acids is 2. The fourth-order valence-corrected chi connectivity index (χ4v) is 4.85. The van der Waals surface area contributed by atoms with Crippen LogP contribution in [0.4, 0.5) is 0 Å². The van der Waals surface area contributed by atoms with Crippen molar-refractivity contribution in [2.45, 2.75) is 42.9 Å². The molecule has 5 rings (SSSR count). The van der Waals surface area contributed by atoms with Crippen molar-refractivity contribution in [3.8, 4) is 51.7 Å². The zero-order valence-corrected chi connectivity index (χ0v) is 22.6. The number of fused-ring (bicyclic) bond motifs is 1. The molecule has 0 spiro atoms. The molecule has 1 fully saturated rings. The summed E-state index contributed by atoms with van der Waals surface area (Å²) in [6.07, 6.45) is -13.0. The fourth-order valence-electron chi connectivity index (χ4n) is 4.85. The highest BCUT2D eigenvalue weighted by molar-refractivity contribution is 6.05. The summed E-state index contributed by atoms with van der Waals surface area (Å²) in [4.78, 5) is 26.1. The van der Waals surface area contributed by atoms with Crippen molar-refractivity contribution >= 4 is 11.8 Å². The molecule has 0 amide bonds. The van der Waals surface area contributed by atoms with E-state index in [1.165, 1.54) is 0 Å². The summed E-state index contributed by atoms with van der Waals surface area (Å²) in [5.74, 6) is -8.86. The Bertz CT molecular complexity index is 1610. The van der Waals surface area contributed by atoms with Crippen LogP contribution in [0.5, 0.6) is 51.7 Å². The smallest absolute Gasteiger partial charge is 0.338 e. The van der Waals surface area contributed by atoms with Gasteiger partial charge in [-0.1, -0.05) is 0 Å². The van der Waals surface area contributed by atoms with Gasteiger partial charge < -0.3 is 75.1 Å². The summed E-state index contributed by atoms with van der Waals surface area (Å²) in [5.41, 5.74) is -1.07. The van der Waals surface area contributed by atoms with Crippen molar-refractivity contribution in [3.63, 3.8) is 0 Å². The summed E-state index contributed by atoms with van der Waals surface area (Å²) in [6.45, 7) is -0.812. The van der Waals surface area contributed by atoms with E-state index in [0.717, 1.165) is 36.4 Å². The van der Waals surface area contributed by atoms with Gasteiger partial charge in [-0.3, -0.25) is 4.79 Å². The molecular formula is C28H26O17. The fraction of sp³-hybridized carbons (Fsp3) is 0.286. The molecule has 11 N–H and O–H groups in total. The first kappa shape index (κ1) is 31.2. The second-order valence-electron chi connectivity index (χ2n) is 10.2. The molecule has 17 nitrogen and oxygen atoms in total. The number of hydrogen-bond acceptors (Lipinski definition) is 17. The Morgan fingerprint density at radius 2 is 1.31 bits per heavy atom. The third-order valence-corrected chi connectivity index (χ3v) is 7.15. The largest absolute Gasteiger partial charge is 0.508 e. The minimum absolute atomic E-state index is 0.175. The molecule has 7 atom stereocenters. The van der Waals surface area contributed by atoms with Crippen LogP contribution in [0.1, 0.15) is 32.4 Å². The number of ether oxygens (including phenoxy) is 4. The van der Waals surface area contributed by atoms with Gasteiger partial charge in [0, 0.05) is 17.7 Å². The van der Waals surface area contributed by atoms with Gasteiger partial charge in [-0.25, -0.2) is 4.79 Å². The van der Waals surface area contributed by atoms with Crippen molar-refractivity contribution < 1.29 is 84.7 Å². The van der Waals surface area contributed by atoms with Crippen molar-refractivity contribution in [2.24, 2.45) is 0 Å². The van der Waals surface area contributed by atoms with Crippen molar-refractivity contribution in [1.29, 1.82) is 0 Å². The molecule has 1 saturated heterocycles. The van der Waals surface area contributed by atoms with E-state index in [1.807, 2.05) is 0 Å². The molecule has 0 aliphatic carbocycles. The van der Waals surface area contributed by atoms with E-state index in [-0.39, 0.29) is 11.3 Å². The van der Waals surface area contributed by atoms with Gasteiger partial charge in [0.05, 0.1) is 5.56 Å². The number of rotatable bonds is 6. The number of aliphatic hydroxyl groups is 3. The molecule has 17 heteroatoms. The number of benzene rings is 3. The van der Waals surface area contributed by atoms with Crippen molar-refractivity contribution in [3.05, 3.63) is 53.1 Å². The summed E-state index contributed by atoms with van der Waals surface area (Å²) in [7, 11) is 0. The maximum Gasteiger partial charge on any atom is 0.338 e. The summed E-state index contributed by atoms with van der Waals surface area (Å²) < 4.78 is 22.0. The van der Waals surface area contributed by atoms with Crippen LogP contribution in [0, 0.1) is 0 Å². The van der Waals surface area contributed by atoms with Crippen LogP contribution < -0.4 is 4.74 Å². The molecule has 0 aromatic heterocycles. The van der Waals surface area contributed by atoms with E-state index in [2.05, 4.69) is 0 Å². The zero-order valence-electron chi connectivity index (χ0n) is 22.6. The third kappa shape index (κ3) is 5.73. The van der Waals surface area contributed by atoms with Gasteiger partial charge in [0.25, 0.3) is 0 Å². The molecular weight excluding hydrogens is 608 g/mol. The Kier molecular flexibility index (Phi) is 8.13. The number of aliphatic hydroxyl groups excluding tert-OH is 3. The predicted molar refractivity (Wildman–Crippen MR) is 142 cm³/mol. The molecule has 2 aliphatic rings. The number of phenolic OH excluding ortho intramolecular Hbond substituents is 8. The maximum atomic E-state index is 13.6. The number of phenols is 8. The second-order valence-corrected chi connectivity index (χ2v) is 10.2. The lowest BCUT2D eigenvalue weighted by molar-refractivity contribution is -0.311. The van der Waals surface area contributed by atoms with Gasteiger partial charge in [0.15, 0.2) is 53.0 Å². The first-order valence-electron chi connectivity index (χ1n) is 13.0. The standard InChI is InChI=1S/C28H26O17/c29-10-5-11(30)18-16(6-10)43-25(8-1-12(31)19(35)13(32)2-8)26(22(18)38)45-28-24(40)23(39)21(37)17(44-28)7-42-27(41)9-3-14(33)20(36)15(34)4-9/h1-6,17,21,23-26,28-37,39-40H,7H2/t17-,21+,23+,24-,25+,26+,28+/m1/s1. The van der Waals surface area contributed by atoms with Crippen LogP contribution in [-0.4, -0.2) is 111 Å². The quantitative estimate of drug-likeness (QED) is 0.122. The number of esters is 1. The first-order chi connectivity index (χ1) is 21.2. The minimum atomic E-state index is -2.04. The summed E-state index contributed by atoms with van der Waals surface area (Å²) in [5, 5.41) is 111. The van der Waals surface area contributed by atoms with E-state index < -0.39 is 118 Å². The van der Waals surface area contributed by atoms with Gasteiger partial charge >= 0.3 is 5.97 Å². The molecule has 0 unspecified atom stereocenters. The highest BCUT2D eigenvalue weighted by Crippen LogP contribution is 2.46. The van der Waals surface area contributed by atoms with E-state index in [0.29, 0.717) is 0 Å². The monoisotopic (exact) mass is 634 g/mol. The Morgan fingerprint density at radius 3 is 1.91 bits per heavy atom. The Labute approximate surface area is 251 Å². The SMILES string of the molecule is O=C(OC[C@H]1O[C@@H](O[C@H]2C(=O)c3c(O)cc(O)cc3O[C@H]2c2cc(O)c(O)c(O)c2)[C@H](O)[C@@H](O)[C@H]1O)c1cc(O)c(O)c(O)c1. The van der Waals surface area contributed by atoms with Crippen LogP contribution in [0.2, 0.25) is 0 Å². The number of Topliss-reactive ketones (excluding diaryl/α,β-unsaturated/α-hetero) is 1. The number of ketones is 1. The van der Waals surface area contributed by atoms with Crippen molar-refractivity contribution in [1.82, 2.24) is 0 Å². The van der Waals surface area contributed by atoms with E-state index in [1.54, 1.807) is 0 Å². The van der Waals surface area contributed by atoms with Crippen LogP contribution in [0.3, 0.4) is 0 Å². The lowest BCUT2D eigenvalue weighted by Gasteiger charge is -2.42.